The minimum Gasteiger partial charge on any atom is -0.493 e. The highest BCUT2D eigenvalue weighted by Gasteiger charge is 2.21. The number of carbonyl (C=O) groups excluding carboxylic acids is 1. The highest BCUT2D eigenvalue weighted by Crippen LogP contribution is 2.38. The molecule has 5 nitrogen and oxygen atoms in total. The molecule has 1 aliphatic carbocycles. The highest BCUT2D eigenvalue weighted by atomic mass is 16.5. The van der Waals surface area contributed by atoms with E-state index in [1.165, 1.54) is 25.3 Å². The van der Waals surface area contributed by atoms with Crippen molar-refractivity contribution in [3.63, 3.8) is 0 Å². The number of amides is 1. The van der Waals surface area contributed by atoms with Crippen molar-refractivity contribution in [1.82, 2.24) is 5.32 Å². The standard InChI is InChI=1S/C21H25NO4/c1-24-18-11-16(12-19(25-2)20(18)26-3)21(23)22-13-15-9-6-8-14-7-4-5-10-17(14)15/h4-5,7,10-12,15H,6,8-9,13H2,1-3H3,(H,22,23)/t15-/m0/s1. The molecule has 2 aromatic rings. The molecule has 26 heavy (non-hydrogen) atoms. The molecule has 1 amide bonds. The fourth-order valence-corrected chi connectivity index (χ4v) is 3.60. The fourth-order valence-electron chi connectivity index (χ4n) is 3.60. The number of carbonyl (C=O) groups is 1. The Kier molecular flexibility index (Phi) is 5.66. The summed E-state index contributed by atoms with van der Waals surface area (Å²) >= 11 is 0. The Labute approximate surface area is 154 Å². The average Bonchev–Trinajstić information content (AvgIpc) is 2.70. The molecule has 3 rings (SSSR count). The lowest BCUT2D eigenvalue weighted by Crippen LogP contribution is -2.30. The molecular formula is C21H25NO4. The first kappa shape index (κ1) is 18.1. The number of methoxy groups -OCH3 is 3. The van der Waals surface area contributed by atoms with Crippen LogP contribution in [0, 0.1) is 0 Å². The van der Waals surface area contributed by atoms with Gasteiger partial charge in [0.15, 0.2) is 11.5 Å². The van der Waals surface area contributed by atoms with Gasteiger partial charge in [-0.3, -0.25) is 4.79 Å². The first-order chi connectivity index (χ1) is 12.7. The van der Waals surface area contributed by atoms with Gasteiger partial charge in [0.2, 0.25) is 5.75 Å². The Morgan fingerprint density at radius 3 is 2.42 bits per heavy atom. The molecule has 0 spiro atoms. The maximum absolute atomic E-state index is 12.7. The first-order valence-electron chi connectivity index (χ1n) is 8.84. The van der Waals surface area contributed by atoms with E-state index in [2.05, 4.69) is 29.6 Å². The van der Waals surface area contributed by atoms with Crippen molar-refractivity contribution >= 4 is 5.91 Å². The summed E-state index contributed by atoms with van der Waals surface area (Å²) in [7, 11) is 4.62. The second-order valence-electron chi connectivity index (χ2n) is 6.41. The van der Waals surface area contributed by atoms with E-state index in [1.54, 1.807) is 19.2 Å². The van der Waals surface area contributed by atoms with Crippen LogP contribution in [0.25, 0.3) is 0 Å². The summed E-state index contributed by atoms with van der Waals surface area (Å²) in [6, 6.07) is 11.8. The molecule has 0 bridgehead atoms. The van der Waals surface area contributed by atoms with Gasteiger partial charge >= 0.3 is 0 Å². The van der Waals surface area contributed by atoms with Crippen molar-refractivity contribution in [3.05, 3.63) is 53.1 Å². The van der Waals surface area contributed by atoms with E-state index in [4.69, 9.17) is 14.2 Å². The van der Waals surface area contributed by atoms with Gasteiger partial charge in [-0.05, 0) is 42.5 Å². The maximum Gasteiger partial charge on any atom is 0.251 e. The molecule has 0 aromatic heterocycles. The zero-order valence-corrected chi connectivity index (χ0v) is 15.5. The fraction of sp³-hybridized carbons (Fsp3) is 0.381. The molecule has 1 N–H and O–H groups in total. The van der Waals surface area contributed by atoms with E-state index >= 15 is 0 Å². The van der Waals surface area contributed by atoms with E-state index < -0.39 is 0 Å². The van der Waals surface area contributed by atoms with Crippen molar-refractivity contribution in [1.29, 1.82) is 0 Å². The van der Waals surface area contributed by atoms with Crippen LogP contribution in [0.1, 0.15) is 40.2 Å². The van der Waals surface area contributed by atoms with E-state index in [9.17, 15) is 4.79 Å². The summed E-state index contributed by atoms with van der Waals surface area (Å²) in [6.45, 7) is 0.618. The molecule has 2 aromatic carbocycles. The van der Waals surface area contributed by atoms with Crippen LogP contribution in [-0.2, 0) is 6.42 Å². The number of rotatable bonds is 6. The van der Waals surface area contributed by atoms with Crippen molar-refractivity contribution in [3.8, 4) is 17.2 Å². The molecule has 0 saturated heterocycles. The Bertz CT molecular complexity index is 762. The zero-order valence-electron chi connectivity index (χ0n) is 15.5. The second kappa shape index (κ2) is 8.13. The Morgan fingerprint density at radius 1 is 1.08 bits per heavy atom. The molecule has 0 saturated carbocycles. The molecular weight excluding hydrogens is 330 g/mol. The summed E-state index contributed by atoms with van der Waals surface area (Å²) in [5, 5.41) is 3.06. The quantitative estimate of drug-likeness (QED) is 0.861. The molecule has 1 aliphatic rings. The van der Waals surface area contributed by atoms with E-state index in [0.29, 0.717) is 35.3 Å². The van der Waals surface area contributed by atoms with Gasteiger partial charge in [0, 0.05) is 18.0 Å². The summed E-state index contributed by atoms with van der Waals surface area (Å²) in [4.78, 5) is 12.7. The van der Waals surface area contributed by atoms with E-state index in [1.807, 2.05) is 0 Å². The van der Waals surface area contributed by atoms with Gasteiger partial charge in [-0.15, -0.1) is 0 Å². The van der Waals surface area contributed by atoms with Crippen molar-refractivity contribution in [2.24, 2.45) is 0 Å². The van der Waals surface area contributed by atoms with Crippen LogP contribution in [0.3, 0.4) is 0 Å². The van der Waals surface area contributed by atoms with E-state index in [-0.39, 0.29) is 5.91 Å². The van der Waals surface area contributed by atoms with Crippen LogP contribution in [0.2, 0.25) is 0 Å². The topological polar surface area (TPSA) is 56.8 Å². The summed E-state index contributed by atoms with van der Waals surface area (Å²) in [5.41, 5.74) is 3.23. The third kappa shape index (κ3) is 3.62. The lowest BCUT2D eigenvalue weighted by molar-refractivity contribution is 0.0949. The summed E-state index contributed by atoms with van der Waals surface area (Å²) < 4.78 is 16.0. The third-order valence-electron chi connectivity index (χ3n) is 4.93. The molecule has 0 radical (unpaired) electrons. The zero-order chi connectivity index (χ0) is 18.5. The Balaban J connectivity index is 1.75. The van der Waals surface area contributed by atoms with Crippen molar-refractivity contribution < 1.29 is 19.0 Å². The third-order valence-corrected chi connectivity index (χ3v) is 4.93. The van der Waals surface area contributed by atoms with Crippen LogP contribution < -0.4 is 19.5 Å². The van der Waals surface area contributed by atoms with Crippen molar-refractivity contribution in [2.75, 3.05) is 27.9 Å². The number of benzene rings is 2. The smallest absolute Gasteiger partial charge is 0.251 e. The Hall–Kier alpha value is -2.69. The van der Waals surface area contributed by atoms with Crippen LogP contribution in [-0.4, -0.2) is 33.8 Å². The van der Waals surface area contributed by atoms with Crippen molar-refractivity contribution in [2.45, 2.75) is 25.2 Å². The number of ether oxygens (including phenoxy) is 3. The number of hydrogen-bond acceptors (Lipinski definition) is 4. The van der Waals surface area contributed by atoms with Gasteiger partial charge in [0.25, 0.3) is 5.91 Å². The number of nitrogens with one attached hydrogen (secondary N) is 1. The lowest BCUT2D eigenvalue weighted by atomic mass is 9.83. The summed E-state index contributed by atoms with van der Waals surface area (Å²) in [5.74, 6) is 1.63. The molecule has 0 heterocycles. The maximum atomic E-state index is 12.7. The first-order valence-corrected chi connectivity index (χ1v) is 8.84. The van der Waals surface area contributed by atoms with Gasteiger partial charge in [-0.25, -0.2) is 0 Å². The molecule has 0 fully saturated rings. The van der Waals surface area contributed by atoms with Gasteiger partial charge in [-0.1, -0.05) is 24.3 Å². The highest BCUT2D eigenvalue weighted by molar-refractivity contribution is 5.95. The lowest BCUT2D eigenvalue weighted by Gasteiger charge is -2.25. The Morgan fingerprint density at radius 2 is 1.77 bits per heavy atom. The molecule has 1 atom stereocenters. The van der Waals surface area contributed by atoms with Crippen LogP contribution in [0.5, 0.6) is 17.2 Å². The SMILES string of the molecule is COc1cc(C(=O)NC[C@@H]2CCCc3ccccc32)cc(OC)c1OC. The minimum absolute atomic E-state index is 0.146. The van der Waals surface area contributed by atoms with Gasteiger partial charge in [-0.2, -0.15) is 0 Å². The number of hydrogen-bond donors (Lipinski definition) is 1. The second-order valence-corrected chi connectivity index (χ2v) is 6.41. The van der Waals surface area contributed by atoms with Crippen LogP contribution in [0.4, 0.5) is 0 Å². The monoisotopic (exact) mass is 355 g/mol. The molecule has 5 heteroatoms. The van der Waals surface area contributed by atoms with E-state index in [0.717, 1.165) is 19.3 Å². The molecule has 0 unspecified atom stereocenters. The predicted octanol–water partition coefficient (Wildman–Crippen LogP) is 3.56. The predicted molar refractivity (Wildman–Crippen MR) is 101 cm³/mol. The number of aryl methyl sites for hydroxylation is 1. The summed E-state index contributed by atoms with van der Waals surface area (Å²) in [6.07, 6.45) is 3.36. The van der Waals surface area contributed by atoms with Gasteiger partial charge in [0.1, 0.15) is 0 Å². The van der Waals surface area contributed by atoms with Gasteiger partial charge < -0.3 is 19.5 Å². The largest absolute Gasteiger partial charge is 0.493 e. The normalized spacial score (nSPS) is 15.7. The van der Waals surface area contributed by atoms with Crippen LogP contribution >= 0.6 is 0 Å². The number of fused-ring (bicyclic) bond motifs is 1. The average molecular weight is 355 g/mol. The molecule has 0 aliphatic heterocycles. The van der Waals surface area contributed by atoms with Crippen LogP contribution in [0.15, 0.2) is 36.4 Å². The molecule has 138 valence electrons. The van der Waals surface area contributed by atoms with Gasteiger partial charge in [0.05, 0.1) is 21.3 Å². The minimum atomic E-state index is -0.146.